The van der Waals surface area contributed by atoms with E-state index in [2.05, 4.69) is 20.7 Å². The van der Waals surface area contributed by atoms with Gasteiger partial charge in [0.15, 0.2) is 0 Å². The first-order valence-corrected chi connectivity index (χ1v) is 5.54. The molecule has 1 N–H and O–H groups in total. The molecule has 2 rings (SSSR count). The van der Waals surface area contributed by atoms with E-state index in [4.69, 9.17) is 5.26 Å². The highest BCUT2D eigenvalue weighted by molar-refractivity contribution is 7.09. The quantitative estimate of drug-likeness (QED) is 0.822. The normalized spacial score (nSPS) is 17.4. The predicted molar refractivity (Wildman–Crippen MR) is 55.2 cm³/mol. The first-order valence-electron chi connectivity index (χ1n) is 4.76. The topological polar surface area (TPSA) is 61.6 Å². The molecule has 1 aliphatic carbocycles. The first kappa shape index (κ1) is 9.41. The molecule has 1 saturated carbocycles. The zero-order valence-electron chi connectivity index (χ0n) is 8.03. The molecule has 5 heteroatoms. The summed E-state index contributed by atoms with van der Waals surface area (Å²) in [6.45, 7) is 2.53. The van der Waals surface area contributed by atoms with Crippen LogP contribution in [0, 0.1) is 17.2 Å². The zero-order chi connectivity index (χ0) is 9.97. The van der Waals surface area contributed by atoms with Gasteiger partial charge in [0.05, 0.1) is 12.0 Å². The van der Waals surface area contributed by atoms with Crippen molar-refractivity contribution in [2.75, 3.05) is 11.9 Å². The highest BCUT2D eigenvalue weighted by Crippen LogP contribution is 2.39. The van der Waals surface area contributed by atoms with Gasteiger partial charge < -0.3 is 5.32 Å². The van der Waals surface area contributed by atoms with Crippen LogP contribution in [0.5, 0.6) is 0 Å². The molecule has 4 nitrogen and oxygen atoms in total. The molecular formula is C9H12N4S. The van der Waals surface area contributed by atoms with E-state index in [1.807, 2.05) is 6.92 Å². The van der Waals surface area contributed by atoms with Gasteiger partial charge in [-0.15, -0.1) is 0 Å². The Balaban J connectivity index is 1.87. The largest absolute Gasteiger partial charge is 0.359 e. The molecule has 1 heterocycles. The van der Waals surface area contributed by atoms with E-state index >= 15 is 0 Å². The van der Waals surface area contributed by atoms with Gasteiger partial charge in [-0.2, -0.15) is 9.64 Å². The van der Waals surface area contributed by atoms with Gasteiger partial charge in [-0.05, 0) is 19.8 Å². The highest BCUT2D eigenvalue weighted by atomic mass is 32.1. The molecule has 1 aromatic rings. The first-order chi connectivity index (χ1) is 6.79. The van der Waals surface area contributed by atoms with Gasteiger partial charge in [-0.1, -0.05) is 0 Å². The fourth-order valence-corrected chi connectivity index (χ4v) is 1.75. The smallest absolute Gasteiger partial charge is 0.202 e. The molecule has 1 aliphatic rings. The summed E-state index contributed by atoms with van der Waals surface area (Å²) in [6.07, 6.45) is 2.45. The number of rotatable bonds is 4. The maximum absolute atomic E-state index is 8.59. The molecule has 1 atom stereocenters. The van der Waals surface area contributed by atoms with E-state index in [0.717, 1.165) is 11.0 Å². The molecule has 0 amide bonds. The van der Waals surface area contributed by atoms with Crippen molar-refractivity contribution in [3.63, 3.8) is 0 Å². The monoisotopic (exact) mass is 208 g/mol. The van der Waals surface area contributed by atoms with E-state index in [-0.39, 0.29) is 5.92 Å². The molecule has 0 saturated heterocycles. The van der Waals surface area contributed by atoms with Gasteiger partial charge in [-0.25, -0.2) is 4.98 Å². The second kappa shape index (κ2) is 3.93. The fraction of sp³-hybridized carbons (Fsp3) is 0.667. The summed E-state index contributed by atoms with van der Waals surface area (Å²) < 4.78 is 4.27. The maximum Gasteiger partial charge on any atom is 0.202 e. The van der Waals surface area contributed by atoms with Crippen LogP contribution in [0.4, 0.5) is 5.13 Å². The summed E-state index contributed by atoms with van der Waals surface area (Å²) in [5.74, 6) is 1.60. The number of hydrogen-bond donors (Lipinski definition) is 1. The minimum atomic E-state index is 0.0169. The number of nitrogens with zero attached hydrogens (tertiary/aromatic N) is 3. The van der Waals surface area contributed by atoms with Gasteiger partial charge in [0.25, 0.3) is 0 Å². The minimum Gasteiger partial charge on any atom is -0.359 e. The third-order valence-electron chi connectivity index (χ3n) is 2.16. The summed E-state index contributed by atoms with van der Waals surface area (Å²) in [4.78, 5) is 4.37. The highest BCUT2D eigenvalue weighted by Gasteiger charge is 2.27. The molecule has 1 aromatic heterocycles. The van der Waals surface area contributed by atoms with Gasteiger partial charge in [-0.3, -0.25) is 0 Å². The number of nitriles is 1. The van der Waals surface area contributed by atoms with Crippen molar-refractivity contribution in [3.05, 3.63) is 5.82 Å². The number of aromatic nitrogens is 2. The maximum atomic E-state index is 8.59. The summed E-state index contributed by atoms with van der Waals surface area (Å²) in [5, 5.41) is 12.6. The molecule has 14 heavy (non-hydrogen) atoms. The fourth-order valence-electron chi connectivity index (χ4n) is 1.10. The van der Waals surface area contributed by atoms with Crippen LogP contribution < -0.4 is 5.32 Å². The van der Waals surface area contributed by atoms with Crippen molar-refractivity contribution in [2.24, 2.45) is 5.92 Å². The SMILES string of the molecule is CC(C#N)CNc1nc(C2CC2)ns1. The second-order valence-electron chi connectivity index (χ2n) is 3.64. The van der Waals surface area contributed by atoms with Crippen molar-refractivity contribution in [3.8, 4) is 6.07 Å². The van der Waals surface area contributed by atoms with Crippen LogP contribution in [0.15, 0.2) is 0 Å². The van der Waals surface area contributed by atoms with Crippen LogP contribution in [0.2, 0.25) is 0 Å². The predicted octanol–water partition coefficient (Wildman–Crippen LogP) is 1.99. The van der Waals surface area contributed by atoms with Crippen molar-refractivity contribution < 1.29 is 0 Å². The Labute approximate surface area is 87.1 Å². The van der Waals surface area contributed by atoms with Crippen molar-refractivity contribution in [1.82, 2.24) is 9.36 Å². The average Bonchev–Trinajstić information content (AvgIpc) is 2.95. The molecule has 0 bridgehead atoms. The minimum absolute atomic E-state index is 0.0169. The third-order valence-corrected chi connectivity index (χ3v) is 2.85. The summed E-state index contributed by atoms with van der Waals surface area (Å²) in [6, 6.07) is 2.17. The molecule has 1 fully saturated rings. The number of nitrogens with one attached hydrogen (secondary N) is 1. The van der Waals surface area contributed by atoms with Crippen LogP contribution in [-0.4, -0.2) is 15.9 Å². The molecule has 0 aliphatic heterocycles. The Bertz CT molecular complexity index is 350. The third kappa shape index (κ3) is 2.20. The second-order valence-corrected chi connectivity index (χ2v) is 4.39. The van der Waals surface area contributed by atoms with Gasteiger partial charge in [0.1, 0.15) is 5.82 Å². The Morgan fingerprint density at radius 1 is 1.71 bits per heavy atom. The van der Waals surface area contributed by atoms with E-state index in [1.165, 1.54) is 24.4 Å². The average molecular weight is 208 g/mol. The van der Waals surface area contributed by atoms with Gasteiger partial charge in [0.2, 0.25) is 5.13 Å². The lowest BCUT2D eigenvalue weighted by Gasteiger charge is -2.01. The van der Waals surface area contributed by atoms with Crippen molar-refractivity contribution in [2.45, 2.75) is 25.7 Å². The Morgan fingerprint density at radius 2 is 2.50 bits per heavy atom. The van der Waals surface area contributed by atoms with Crippen LogP contribution in [0.1, 0.15) is 31.5 Å². The molecule has 0 aromatic carbocycles. The molecule has 74 valence electrons. The molecule has 0 spiro atoms. The van der Waals surface area contributed by atoms with E-state index in [9.17, 15) is 0 Å². The number of anilines is 1. The van der Waals surface area contributed by atoms with Gasteiger partial charge >= 0.3 is 0 Å². The van der Waals surface area contributed by atoms with Crippen LogP contribution in [-0.2, 0) is 0 Å². The zero-order valence-corrected chi connectivity index (χ0v) is 8.84. The van der Waals surface area contributed by atoms with E-state index in [0.29, 0.717) is 12.5 Å². The molecule has 1 unspecified atom stereocenters. The summed E-state index contributed by atoms with van der Waals surface area (Å²) in [7, 11) is 0. The van der Waals surface area contributed by atoms with Gasteiger partial charge in [0, 0.05) is 24.0 Å². The lowest BCUT2D eigenvalue weighted by atomic mass is 10.2. The molecule has 0 radical (unpaired) electrons. The Hall–Kier alpha value is -1.15. The van der Waals surface area contributed by atoms with E-state index < -0.39 is 0 Å². The lowest BCUT2D eigenvalue weighted by molar-refractivity contribution is 0.784. The van der Waals surface area contributed by atoms with Crippen LogP contribution in [0.25, 0.3) is 0 Å². The van der Waals surface area contributed by atoms with Crippen molar-refractivity contribution >= 4 is 16.7 Å². The van der Waals surface area contributed by atoms with Crippen LogP contribution >= 0.6 is 11.5 Å². The standard InChI is InChI=1S/C9H12N4S/c1-6(4-10)5-11-9-12-8(13-14-9)7-2-3-7/h6-7H,2-3,5H2,1H3,(H,11,12,13). The number of hydrogen-bond acceptors (Lipinski definition) is 5. The molecular weight excluding hydrogens is 196 g/mol. The summed E-state index contributed by atoms with van der Waals surface area (Å²) >= 11 is 1.39. The Morgan fingerprint density at radius 3 is 3.14 bits per heavy atom. The van der Waals surface area contributed by atoms with Crippen LogP contribution in [0.3, 0.4) is 0 Å². The van der Waals surface area contributed by atoms with E-state index in [1.54, 1.807) is 0 Å². The Kier molecular flexibility index (Phi) is 2.64. The van der Waals surface area contributed by atoms with Crippen molar-refractivity contribution in [1.29, 1.82) is 5.26 Å². The lowest BCUT2D eigenvalue weighted by Crippen LogP contribution is -2.08. The summed E-state index contributed by atoms with van der Waals surface area (Å²) in [5.41, 5.74) is 0.